The van der Waals surface area contributed by atoms with Crippen LogP contribution in [0.25, 0.3) is 0 Å². The number of ether oxygens (including phenoxy) is 1. The standard InChI is InChI=1S/C49H32Cl3N3O3/c50-36-21-26-39(27-22-36)54-44(56)47(32-13-5-1-6-14-32,33-15-7-2-8-16-33)46(54)58-43-49(41-31-38(52)25-30-42(41)53-43)48(34-17-9-3-10-18-34,35-19-11-4-12-20-35)45(57)55(49)40-28-23-37(51)24-29-40/h1-31,46H/t46-,49-/m1/s1. The zero-order valence-corrected chi connectivity index (χ0v) is 32.9. The van der Waals surface area contributed by atoms with E-state index in [1.807, 2.05) is 158 Å². The zero-order chi connectivity index (χ0) is 39.6. The van der Waals surface area contributed by atoms with Crippen LogP contribution in [0.2, 0.25) is 15.1 Å². The predicted octanol–water partition coefficient (Wildman–Crippen LogP) is 11.3. The summed E-state index contributed by atoms with van der Waals surface area (Å²) in [6, 6.07) is 58.6. The molecule has 2 saturated heterocycles. The van der Waals surface area contributed by atoms with E-state index in [4.69, 9.17) is 44.5 Å². The van der Waals surface area contributed by atoms with Crippen LogP contribution in [-0.2, 0) is 30.7 Å². The highest BCUT2D eigenvalue weighted by Crippen LogP contribution is 2.66. The topological polar surface area (TPSA) is 62.2 Å². The molecule has 3 aliphatic heterocycles. The van der Waals surface area contributed by atoms with E-state index >= 15 is 9.59 Å². The van der Waals surface area contributed by atoms with Crippen LogP contribution >= 0.6 is 34.8 Å². The average Bonchev–Trinajstić information content (AvgIpc) is 3.58. The Morgan fingerprint density at radius 2 is 0.948 bits per heavy atom. The predicted molar refractivity (Wildman–Crippen MR) is 230 cm³/mol. The zero-order valence-electron chi connectivity index (χ0n) is 30.7. The Bertz CT molecular complexity index is 2650. The van der Waals surface area contributed by atoms with Gasteiger partial charge in [0.15, 0.2) is 11.0 Å². The molecule has 9 heteroatoms. The Balaban J connectivity index is 1.29. The maximum absolute atomic E-state index is 15.8. The summed E-state index contributed by atoms with van der Waals surface area (Å²) >= 11 is 19.8. The normalized spacial score (nSPS) is 19.9. The lowest BCUT2D eigenvalue weighted by atomic mass is 9.51. The number of carbonyl (C=O) groups excluding carboxylic acids is 2. The number of hydrogen-bond acceptors (Lipinski definition) is 4. The highest BCUT2D eigenvalue weighted by molar-refractivity contribution is 6.32. The van der Waals surface area contributed by atoms with Gasteiger partial charge in [-0.05, 0) is 89.0 Å². The SMILES string of the molecule is O=C1N(c2ccc(Cl)cc2)[C@H](OC2=Nc3ccc(Cl)cc3[C@@]23N(c2ccc(Cl)cc2)C(=O)C3(c2ccccc2)c2ccccc2)C1(c1ccccc1)c1ccccc1. The second-order valence-electron chi connectivity index (χ2n) is 14.5. The third-order valence-electron chi connectivity index (χ3n) is 11.7. The second kappa shape index (κ2) is 13.7. The van der Waals surface area contributed by atoms with Gasteiger partial charge in [-0.3, -0.25) is 19.4 Å². The van der Waals surface area contributed by atoms with E-state index in [-0.39, 0.29) is 17.7 Å². The van der Waals surface area contributed by atoms with Crippen molar-refractivity contribution < 1.29 is 14.3 Å². The van der Waals surface area contributed by atoms with Gasteiger partial charge in [0.2, 0.25) is 18.0 Å². The third-order valence-corrected chi connectivity index (χ3v) is 12.5. The van der Waals surface area contributed by atoms with E-state index in [9.17, 15) is 0 Å². The maximum Gasteiger partial charge on any atom is 0.250 e. The number of carbonyl (C=O) groups is 2. The average molecular weight is 817 g/mol. The Hall–Kier alpha value is -6.18. The lowest BCUT2D eigenvalue weighted by Crippen LogP contribution is -2.83. The van der Waals surface area contributed by atoms with Crippen molar-refractivity contribution in [1.82, 2.24) is 0 Å². The van der Waals surface area contributed by atoms with Crippen LogP contribution in [0.3, 0.4) is 0 Å². The minimum Gasteiger partial charge on any atom is -0.452 e. The lowest BCUT2D eigenvalue weighted by molar-refractivity contribution is -0.141. The summed E-state index contributed by atoms with van der Waals surface area (Å²) in [7, 11) is 0. The second-order valence-corrected chi connectivity index (χ2v) is 15.9. The number of rotatable bonds is 7. The first-order valence-corrected chi connectivity index (χ1v) is 19.9. The molecule has 3 heterocycles. The molecule has 6 nitrogen and oxygen atoms in total. The summed E-state index contributed by atoms with van der Waals surface area (Å²) < 4.78 is 7.60. The molecule has 1 spiro atoms. The number of nitrogens with zero attached hydrogens (tertiary/aromatic N) is 3. The molecular weight excluding hydrogens is 785 g/mol. The smallest absolute Gasteiger partial charge is 0.250 e. The number of halogens is 3. The minimum atomic E-state index is -1.47. The summed E-state index contributed by atoms with van der Waals surface area (Å²) in [6.45, 7) is 0. The molecule has 58 heavy (non-hydrogen) atoms. The molecule has 7 aromatic carbocycles. The fraction of sp³-hybridized carbons (Fsp3) is 0.0816. The van der Waals surface area contributed by atoms with Crippen LogP contribution in [0.4, 0.5) is 17.1 Å². The number of aliphatic imine (C=N–C) groups is 1. The molecule has 0 aromatic heterocycles. The third kappa shape index (κ3) is 4.89. The van der Waals surface area contributed by atoms with Gasteiger partial charge in [-0.1, -0.05) is 156 Å². The Morgan fingerprint density at radius 1 is 0.500 bits per heavy atom. The van der Waals surface area contributed by atoms with Gasteiger partial charge in [0.1, 0.15) is 5.41 Å². The Morgan fingerprint density at radius 3 is 1.45 bits per heavy atom. The largest absolute Gasteiger partial charge is 0.452 e. The summed E-state index contributed by atoms with van der Waals surface area (Å²) in [4.78, 5) is 39.8. The number of benzene rings is 7. The molecule has 2 atom stereocenters. The summed E-state index contributed by atoms with van der Waals surface area (Å²) in [5.41, 5.74) is 1.15. The Kier molecular flexibility index (Phi) is 8.57. The molecular formula is C49H32Cl3N3O3. The van der Waals surface area contributed by atoms with E-state index in [1.54, 1.807) is 40.1 Å². The highest BCUT2D eigenvalue weighted by atomic mass is 35.5. The van der Waals surface area contributed by atoms with Gasteiger partial charge >= 0.3 is 0 Å². The van der Waals surface area contributed by atoms with Gasteiger partial charge in [0, 0.05) is 32.0 Å². The molecule has 0 aliphatic carbocycles. The molecule has 2 fully saturated rings. The fourth-order valence-corrected chi connectivity index (χ4v) is 9.75. The molecule has 0 unspecified atom stereocenters. The molecule has 282 valence electrons. The van der Waals surface area contributed by atoms with Crippen molar-refractivity contribution in [2.75, 3.05) is 9.80 Å². The van der Waals surface area contributed by atoms with Crippen molar-refractivity contribution in [3.8, 4) is 0 Å². The van der Waals surface area contributed by atoms with E-state index in [2.05, 4.69) is 0 Å². The lowest BCUT2D eigenvalue weighted by Gasteiger charge is -2.64. The van der Waals surface area contributed by atoms with Crippen molar-refractivity contribution in [1.29, 1.82) is 0 Å². The van der Waals surface area contributed by atoms with E-state index in [1.165, 1.54) is 0 Å². The van der Waals surface area contributed by atoms with Crippen molar-refractivity contribution in [2.24, 2.45) is 4.99 Å². The first kappa shape index (κ1) is 36.2. The molecule has 3 aliphatic rings. The summed E-state index contributed by atoms with van der Waals surface area (Å²) in [6.07, 6.45) is -1.00. The molecule has 0 saturated carbocycles. The Labute approximate surface area is 350 Å². The molecule has 0 radical (unpaired) electrons. The van der Waals surface area contributed by atoms with Gasteiger partial charge in [-0.2, -0.15) is 0 Å². The monoisotopic (exact) mass is 815 g/mol. The number of fused-ring (bicyclic) bond motifs is 2. The van der Waals surface area contributed by atoms with Crippen LogP contribution < -0.4 is 9.80 Å². The van der Waals surface area contributed by atoms with Crippen molar-refractivity contribution in [3.63, 3.8) is 0 Å². The van der Waals surface area contributed by atoms with E-state index in [0.29, 0.717) is 37.7 Å². The van der Waals surface area contributed by atoms with Crippen molar-refractivity contribution >= 4 is 69.6 Å². The molecule has 0 N–H and O–H groups in total. The molecule has 7 aromatic rings. The summed E-state index contributed by atoms with van der Waals surface area (Å²) in [5, 5.41) is 1.51. The molecule has 2 amide bonds. The van der Waals surface area contributed by atoms with Gasteiger partial charge < -0.3 is 4.74 Å². The van der Waals surface area contributed by atoms with Crippen LogP contribution in [0.15, 0.2) is 193 Å². The molecule has 0 bridgehead atoms. The number of amides is 2. The fourth-order valence-electron chi connectivity index (χ4n) is 9.32. The maximum atomic E-state index is 15.8. The summed E-state index contributed by atoms with van der Waals surface area (Å²) in [5.74, 6) is -0.172. The van der Waals surface area contributed by atoms with Gasteiger partial charge in [0.25, 0.3) is 5.91 Å². The minimum absolute atomic E-state index is 0.193. The number of anilines is 2. The van der Waals surface area contributed by atoms with Crippen LogP contribution in [0.1, 0.15) is 27.8 Å². The van der Waals surface area contributed by atoms with Gasteiger partial charge in [-0.15, -0.1) is 0 Å². The van der Waals surface area contributed by atoms with Crippen molar-refractivity contribution in [3.05, 3.63) is 231 Å². The molecule has 10 rings (SSSR count). The van der Waals surface area contributed by atoms with E-state index in [0.717, 1.165) is 22.3 Å². The quantitative estimate of drug-likeness (QED) is 0.151. The highest BCUT2D eigenvalue weighted by Gasteiger charge is 2.80. The number of hydrogen-bond donors (Lipinski definition) is 0. The number of β-lactam (4-membered cyclic amide) rings is 2. The van der Waals surface area contributed by atoms with E-state index < -0.39 is 22.6 Å². The first-order valence-electron chi connectivity index (χ1n) is 18.8. The van der Waals surface area contributed by atoms with Crippen molar-refractivity contribution in [2.45, 2.75) is 22.6 Å². The van der Waals surface area contributed by atoms with Crippen LogP contribution in [0, 0.1) is 0 Å². The van der Waals surface area contributed by atoms with Gasteiger partial charge in [-0.25, -0.2) is 4.99 Å². The van der Waals surface area contributed by atoms with Crippen LogP contribution in [0.5, 0.6) is 0 Å². The first-order chi connectivity index (χ1) is 28.3. The van der Waals surface area contributed by atoms with Gasteiger partial charge in [0.05, 0.1) is 5.69 Å². The van der Waals surface area contributed by atoms with Crippen LogP contribution in [-0.4, -0.2) is 23.9 Å².